The van der Waals surface area contributed by atoms with Crippen LogP contribution in [-0.2, 0) is 16.1 Å². The molecule has 2 N–H and O–H groups in total. The number of ether oxygens (including phenoxy) is 1. The Labute approximate surface area is 146 Å². The van der Waals surface area contributed by atoms with Crippen LogP contribution in [0.3, 0.4) is 0 Å². The molecule has 1 saturated heterocycles. The number of imide groups is 1. The summed E-state index contributed by atoms with van der Waals surface area (Å²) in [6.45, 7) is 3.33. The second kappa shape index (κ2) is 7.90. The number of nitrogens with two attached hydrogens (primary N) is 1. The molecule has 6 heteroatoms. The van der Waals surface area contributed by atoms with Crippen LogP contribution in [0.25, 0.3) is 0 Å². The van der Waals surface area contributed by atoms with E-state index in [0.29, 0.717) is 18.8 Å². The molecule has 0 radical (unpaired) electrons. The van der Waals surface area contributed by atoms with E-state index in [4.69, 9.17) is 4.74 Å². The van der Waals surface area contributed by atoms with Gasteiger partial charge in [-0.25, -0.2) is 4.90 Å². The third-order valence-corrected chi connectivity index (χ3v) is 4.14. The molecule has 0 aliphatic carbocycles. The molecular formula is C19H22N3O3+. The van der Waals surface area contributed by atoms with Crippen molar-refractivity contribution in [2.45, 2.75) is 32.4 Å². The molecule has 1 atom stereocenters. The van der Waals surface area contributed by atoms with Crippen LogP contribution in [0.2, 0.25) is 0 Å². The molecular weight excluding hydrogens is 318 g/mol. The molecule has 1 aliphatic rings. The monoisotopic (exact) mass is 340 g/mol. The van der Waals surface area contributed by atoms with E-state index in [0.717, 1.165) is 17.7 Å². The molecule has 0 unspecified atom stereocenters. The van der Waals surface area contributed by atoms with E-state index in [1.807, 2.05) is 24.4 Å². The highest BCUT2D eigenvalue weighted by Crippen LogP contribution is 2.24. The minimum atomic E-state index is -0.378. The molecule has 1 aromatic heterocycles. The number of pyridine rings is 1. The first-order valence-corrected chi connectivity index (χ1v) is 8.51. The van der Waals surface area contributed by atoms with Crippen molar-refractivity contribution in [1.82, 2.24) is 4.98 Å². The van der Waals surface area contributed by atoms with Gasteiger partial charge in [-0.1, -0.05) is 6.92 Å². The SMILES string of the molecule is CCCOc1ccc(N2C(=O)C[C@@H]([NH2+]Cc3ccncc3)C2=O)cc1. The summed E-state index contributed by atoms with van der Waals surface area (Å²) < 4.78 is 5.54. The first-order chi connectivity index (χ1) is 12.2. The lowest BCUT2D eigenvalue weighted by Gasteiger charge is -2.15. The Balaban J connectivity index is 1.64. The summed E-state index contributed by atoms with van der Waals surface area (Å²) in [4.78, 5) is 30.2. The maximum absolute atomic E-state index is 12.6. The predicted octanol–water partition coefficient (Wildman–Crippen LogP) is 1.27. The number of carbonyl (C=O) groups is 2. The number of hydrogen-bond donors (Lipinski definition) is 1. The van der Waals surface area contributed by atoms with Gasteiger partial charge in [-0.3, -0.25) is 14.6 Å². The number of anilines is 1. The lowest BCUT2D eigenvalue weighted by Crippen LogP contribution is -2.90. The van der Waals surface area contributed by atoms with Gasteiger partial charge in [0.05, 0.1) is 18.7 Å². The fourth-order valence-electron chi connectivity index (χ4n) is 2.82. The Hall–Kier alpha value is -2.73. The van der Waals surface area contributed by atoms with Crippen LogP contribution in [0.5, 0.6) is 5.75 Å². The van der Waals surface area contributed by atoms with Crippen molar-refractivity contribution in [1.29, 1.82) is 0 Å². The van der Waals surface area contributed by atoms with Gasteiger partial charge in [0.15, 0.2) is 6.04 Å². The number of quaternary nitrogens is 1. The first kappa shape index (κ1) is 17.1. The van der Waals surface area contributed by atoms with Gasteiger partial charge in [0.2, 0.25) is 5.91 Å². The minimum absolute atomic E-state index is 0.164. The summed E-state index contributed by atoms with van der Waals surface area (Å²) in [6.07, 6.45) is 4.59. The van der Waals surface area contributed by atoms with Crippen molar-refractivity contribution in [2.75, 3.05) is 11.5 Å². The second-order valence-electron chi connectivity index (χ2n) is 6.02. The van der Waals surface area contributed by atoms with Crippen molar-refractivity contribution in [3.63, 3.8) is 0 Å². The van der Waals surface area contributed by atoms with Crippen LogP contribution in [0.1, 0.15) is 25.3 Å². The fourth-order valence-corrected chi connectivity index (χ4v) is 2.82. The number of aromatic nitrogens is 1. The van der Waals surface area contributed by atoms with E-state index in [1.165, 1.54) is 4.90 Å². The Morgan fingerprint density at radius 3 is 2.56 bits per heavy atom. The summed E-state index contributed by atoms with van der Waals surface area (Å²) in [5.41, 5.74) is 1.67. The van der Waals surface area contributed by atoms with Gasteiger partial charge < -0.3 is 10.1 Å². The topological polar surface area (TPSA) is 76.1 Å². The van der Waals surface area contributed by atoms with Crippen LogP contribution in [0.15, 0.2) is 48.8 Å². The minimum Gasteiger partial charge on any atom is -0.494 e. The number of benzene rings is 1. The molecule has 1 fully saturated rings. The zero-order valence-corrected chi connectivity index (χ0v) is 14.2. The van der Waals surface area contributed by atoms with Crippen molar-refractivity contribution in [3.05, 3.63) is 54.4 Å². The summed E-state index contributed by atoms with van der Waals surface area (Å²) in [5, 5.41) is 1.91. The quantitative estimate of drug-likeness (QED) is 0.770. The van der Waals surface area contributed by atoms with E-state index in [1.54, 1.807) is 36.7 Å². The zero-order valence-electron chi connectivity index (χ0n) is 14.2. The molecule has 1 aromatic carbocycles. The van der Waals surface area contributed by atoms with E-state index in [2.05, 4.69) is 4.98 Å². The largest absolute Gasteiger partial charge is 0.494 e. The van der Waals surface area contributed by atoms with Gasteiger partial charge in [-0.05, 0) is 42.8 Å². The molecule has 0 saturated carbocycles. The smallest absolute Gasteiger partial charge is 0.292 e. The number of hydrogen-bond acceptors (Lipinski definition) is 4. The Morgan fingerprint density at radius 1 is 1.16 bits per heavy atom. The summed E-state index contributed by atoms with van der Waals surface area (Å²) in [7, 11) is 0. The van der Waals surface area contributed by atoms with Crippen molar-refractivity contribution >= 4 is 17.5 Å². The average molecular weight is 340 g/mol. The van der Waals surface area contributed by atoms with Crippen molar-refractivity contribution in [2.24, 2.45) is 0 Å². The van der Waals surface area contributed by atoms with Crippen LogP contribution >= 0.6 is 0 Å². The molecule has 3 rings (SSSR count). The highest BCUT2D eigenvalue weighted by atomic mass is 16.5. The molecule has 2 heterocycles. The Bertz CT molecular complexity index is 731. The van der Waals surface area contributed by atoms with E-state index < -0.39 is 0 Å². The highest BCUT2D eigenvalue weighted by Gasteiger charge is 2.42. The highest BCUT2D eigenvalue weighted by molar-refractivity contribution is 6.21. The van der Waals surface area contributed by atoms with Gasteiger partial charge >= 0.3 is 0 Å². The molecule has 0 bridgehead atoms. The third kappa shape index (κ3) is 4.03. The zero-order chi connectivity index (χ0) is 17.6. The van der Waals surface area contributed by atoms with E-state index in [9.17, 15) is 9.59 Å². The first-order valence-electron chi connectivity index (χ1n) is 8.51. The molecule has 0 spiro atoms. The van der Waals surface area contributed by atoms with Gasteiger partial charge in [0.1, 0.15) is 12.3 Å². The summed E-state index contributed by atoms with van der Waals surface area (Å²) in [5.74, 6) is 0.412. The second-order valence-corrected chi connectivity index (χ2v) is 6.02. The van der Waals surface area contributed by atoms with E-state index in [-0.39, 0.29) is 24.3 Å². The third-order valence-electron chi connectivity index (χ3n) is 4.14. The Morgan fingerprint density at radius 2 is 1.88 bits per heavy atom. The molecule has 130 valence electrons. The number of carbonyl (C=O) groups excluding carboxylic acids is 2. The fraction of sp³-hybridized carbons (Fsp3) is 0.316. The Kier molecular flexibility index (Phi) is 5.40. The lowest BCUT2D eigenvalue weighted by molar-refractivity contribution is -0.690. The van der Waals surface area contributed by atoms with Crippen LogP contribution in [0.4, 0.5) is 5.69 Å². The predicted molar refractivity (Wildman–Crippen MR) is 93.0 cm³/mol. The van der Waals surface area contributed by atoms with Crippen LogP contribution < -0.4 is 15.0 Å². The maximum atomic E-state index is 12.6. The summed E-state index contributed by atoms with van der Waals surface area (Å²) >= 11 is 0. The summed E-state index contributed by atoms with van der Waals surface area (Å²) in [6, 6.07) is 10.5. The number of rotatable bonds is 7. The normalized spacial score (nSPS) is 17.2. The maximum Gasteiger partial charge on any atom is 0.292 e. The van der Waals surface area contributed by atoms with E-state index >= 15 is 0 Å². The van der Waals surface area contributed by atoms with Gasteiger partial charge in [0.25, 0.3) is 5.91 Å². The number of amides is 2. The molecule has 25 heavy (non-hydrogen) atoms. The lowest BCUT2D eigenvalue weighted by atomic mass is 10.2. The molecule has 6 nitrogen and oxygen atoms in total. The molecule has 1 aliphatic heterocycles. The standard InChI is InChI=1S/C19H21N3O3/c1-2-11-25-16-5-3-15(4-6-16)22-18(23)12-17(19(22)24)21-13-14-7-9-20-10-8-14/h3-10,17,21H,2,11-13H2,1H3/p+1/t17-/m1/s1. The van der Waals surface area contributed by atoms with Crippen LogP contribution in [0, 0.1) is 0 Å². The molecule has 2 aromatic rings. The van der Waals surface area contributed by atoms with Gasteiger partial charge in [-0.15, -0.1) is 0 Å². The van der Waals surface area contributed by atoms with Crippen LogP contribution in [-0.4, -0.2) is 29.4 Å². The van der Waals surface area contributed by atoms with Crippen molar-refractivity contribution in [3.8, 4) is 5.75 Å². The van der Waals surface area contributed by atoms with Crippen molar-refractivity contribution < 1.29 is 19.6 Å². The number of nitrogens with zero attached hydrogens (tertiary/aromatic N) is 2. The average Bonchev–Trinajstić information content (AvgIpc) is 2.93. The molecule has 2 amide bonds. The van der Waals surface area contributed by atoms with Gasteiger partial charge in [-0.2, -0.15) is 0 Å². The van der Waals surface area contributed by atoms with Gasteiger partial charge in [0, 0.05) is 18.0 Å².